The third-order valence-electron chi connectivity index (χ3n) is 2.30. The number of hydrogen-bond acceptors (Lipinski definition) is 2. The van der Waals surface area contributed by atoms with Crippen LogP contribution in [0.1, 0.15) is 26.2 Å². The Morgan fingerprint density at radius 1 is 1.33 bits per heavy atom. The van der Waals surface area contributed by atoms with Crippen molar-refractivity contribution in [1.82, 2.24) is 4.90 Å². The standard InChI is InChI=1S/C8H15NO2.ClH/c1-7(8(10)11)9-5-3-2-4-6-9;/h7H,2-6H2,1H3,(H,10,11);1H/t7-;/m1./s1. The van der Waals surface area contributed by atoms with Crippen molar-refractivity contribution >= 4 is 18.4 Å². The molecular weight excluding hydrogens is 178 g/mol. The van der Waals surface area contributed by atoms with Crippen LogP contribution in [-0.4, -0.2) is 35.1 Å². The van der Waals surface area contributed by atoms with Crippen LogP contribution in [0.15, 0.2) is 0 Å². The Bertz CT molecular complexity index is 146. The molecule has 0 unspecified atom stereocenters. The van der Waals surface area contributed by atoms with Gasteiger partial charge in [0.05, 0.1) is 0 Å². The van der Waals surface area contributed by atoms with E-state index in [2.05, 4.69) is 0 Å². The summed E-state index contributed by atoms with van der Waals surface area (Å²) in [6.45, 7) is 3.66. The highest BCUT2D eigenvalue weighted by atomic mass is 35.5. The van der Waals surface area contributed by atoms with E-state index < -0.39 is 5.97 Å². The summed E-state index contributed by atoms with van der Waals surface area (Å²) < 4.78 is 0. The summed E-state index contributed by atoms with van der Waals surface area (Å²) >= 11 is 0. The molecular formula is C8H16ClNO2. The molecule has 0 amide bonds. The van der Waals surface area contributed by atoms with E-state index in [0.29, 0.717) is 0 Å². The Hall–Kier alpha value is -0.280. The van der Waals surface area contributed by atoms with Gasteiger partial charge in [0.15, 0.2) is 0 Å². The summed E-state index contributed by atoms with van der Waals surface area (Å²) in [7, 11) is 0. The summed E-state index contributed by atoms with van der Waals surface area (Å²) in [4.78, 5) is 12.6. The lowest BCUT2D eigenvalue weighted by Crippen LogP contribution is -2.41. The maximum absolute atomic E-state index is 10.6. The van der Waals surface area contributed by atoms with Gasteiger partial charge in [-0.2, -0.15) is 0 Å². The molecule has 1 aliphatic rings. The van der Waals surface area contributed by atoms with E-state index in [4.69, 9.17) is 5.11 Å². The monoisotopic (exact) mass is 193 g/mol. The summed E-state index contributed by atoms with van der Waals surface area (Å²) in [6.07, 6.45) is 3.55. The van der Waals surface area contributed by atoms with Crippen LogP contribution in [-0.2, 0) is 4.79 Å². The van der Waals surface area contributed by atoms with E-state index in [-0.39, 0.29) is 18.4 Å². The van der Waals surface area contributed by atoms with Crippen LogP contribution in [0.25, 0.3) is 0 Å². The molecule has 0 aromatic heterocycles. The number of hydrogen-bond donors (Lipinski definition) is 1. The number of nitrogens with zero attached hydrogens (tertiary/aromatic N) is 1. The number of likely N-dealkylation sites (tertiary alicyclic amines) is 1. The number of carboxylic acid groups (broad SMARTS) is 1. The molecule has 0 aromatic rings. The fourth-order valence-electron chi connectivity index (χ4n) is 1.46. The number of rotatable bonds is 2. The summed E-state index contributed by atoms with van der Waals surface area (Å²) in [6, 6.07) is -0.296. The van der Waals surface area contributed by atoms with Gasteiger partial charge in [0.1, 0.15) is 6.04 Å². The smallest absolute Gasteiger partial charge is 0.320 e. The summed E-state index contributed by atoms with van der Waals surface area (Å²) in [5.41, 5.74) is 0. The minimum absolute atomic E-state index is 0. The van der Waals surface area contributed by atoms with Crippen LogP contribution in [0.2, 0.25) is 0 Å². The highest BCUT2D eigenvalue weighted by Crippen LogP contribution is 2.11. The first-order valence-corrected chi connectivity index (χ1v) is 4.18. The Kier molecular flexibility index (Phi) is 5.25. The molecule has 1 aliphatic heterocycles. The molecule has 3 nitrogen and oxygen atoms in total. The first-order valence-electron chi connectivity index (χ1n) is 4.18. The molecule has 1 atom stereocenters. The van der Waals surface area contributed by atoms with Gasteiger partial charge in [-0.25, -0.2) is 0 Å². The van der Waals surface area contributed by atoms with Crippen molar-refractivity contribution in [1.29, 1.82) is 0 Å². The maximum Gasteiger partial charge on any atom is 0.320 e. The van der Waals surface area contributed by atoms with Gasteiger partial charge in [0, 0.05) is 0 Å². The lowest BCUT2D eigenvalue weighted by Gasteiger charge is -2.29. The van der Waals surface area contributed by atoms with Crippen molar-refractivity contribution in [2.24, 2.45) is 0 Å². The zero-order valence-corrected chi connectivity index (χ0v) is 8.14. The molecule has 1 fully saturated rings. The van der Waals surface area contributed by atoms with E-state index >= 15 is 0 Å². The van der Waals surface area contributed by atoms with Gasteiger partial charge in [0.2, 0.25) is 0 Å². The molecule has 0 radical (unpaired) electrons. The predicted molar refractivity (Wildman–Crippen MR) is 49.8 cm³/mol. The van der Waals surface area contributed by atoms with Crippen LogP contribution in [0, 0.1) is 0 Å². The number of halogens is 1. The predicted octanol–water partition coefficient (Wildman–Crippen LogP) is 1.37. The SMILES string of the molecule is C[C@H](C(=O)O)N1CCCCC1.Cl. The van der Waals surface area contributed by atoms with Crippen LogP contribution < -0.4 is 0 Å². The number of carbonyl (C=O) groups is 1. The molecule has 0 saturated carbocycles. The van der Waals surface area contributed by atoms with Crippen LogP contribution in [0.5, 0.6) is 0 Å². The Balaban J connectivity index is 0.00000121. The fraction of sp³-hybridized carbons (Fsp3) is 0.875. The van der Waals surface area contributed by atoms with Gasteiger partial charge in [-0.15, -0.1) is 12.4 Å². The minimum atomic E-state index is -0.702. The molecule has 1 heterocycles. The Labute approximate surface area is 79.2 Å². The minimum Gasteiger partial charge on any atom is -0.480 e. The summed E-state index contributed by atoms with van der Waals surface area (Å²) in [5.74, 6) is -0.702. The largest absolute Gasteiger partial charge is 0.480 e. The van der Waals surface area contributed by atoms with E-state index in [1.54, 1.807) is 6.92 Å². The highest BCUT2D eigenvalue weighted by molar-refractivity contribution is 5.85. The second-order valence-corrected chi connectivity index (χ2v) is 3.11. The second kappa shape index (κ2) is 5.38. The van der Waals surface area contributed by atoms with Crippen molar-refractivity contribution in [3.8, 4) is 0 Å². The number of aliphatic carboxylic acids is 1. The van der Waals surface area contributed by atoms with Crippen LogP contribution in [0.4, 0.5) is 0 Å². The van der Waals surface area contributed by atoms with Gasteiger partial charge in [-0.05, 0) is 32.9 Å². The lowest BCUT2D eigenvalue weighted by molar-refractivity contribution is -0.142. The van der Waals surface area contributed by atoms with E-state index in [9.17, 15) is 4.79 Å². The van der Waals surface area contributed by atoms with Crippen molar-refractivity contribution in [2.75, 3.05) is 13.1 Å². The zero-order chi connectivity index (χ0) is 8.27. The molecule has 0 bridgehead atoms. The van der Waals surface area contributed by atoms with Gasteiger partial charge < -0.3 is 5.11 Å². The van der Waals surface area contributed by atoms with Crippen LogP contribution >= 0.6 is 12.4 Å². The average molecular weight is 194 g/mol. The van der Waals surface area contributed by atoms with E-state index in [1.807, 2.05) is 4.90 Å². The molecule has 12 heavy (non-hydrogen) atoms. The van der Waals surface area contributed by atoms with E-state index in [1.165, 1.54) is 6.42 Å². The highest BCUT2D eigenvalue weighted by Gasteiger charge is 2.21. The van der Waals surface area contributed by atoms with Gasteiger partial charge in [-0.3, -0.25) is 9.69 Å². The third kappa shape index (κ3) is 2.99. The number of piperidine rings is 1. The summed E-state index contributed by atoms with van der Waals surface area (Å²) in [5, 5.41) is 8.69. The maximum atomic E-state index is 10.6. The molecule has 1 rings (SSSR count). The third-order valence-corrected chi connectivity index (χ3v) is 2.30. The first-order chi connectivity index (χ1) is 5.22. The molecule has 1 N–H and O–H groups in total. The van der Waals surface area contributed by atoms with Crippen LogP contribution in [0.3, 0.4) is 0 Å². The van der Waals surface area contributed by atoms with Crippen molar-refractivity contribution in [2.45, 2.75) is 32.2 Å². The van der Waals surface area contributed by atoms with Crippen molar-refractivity contribution < 1.29 is 9.90 Å². The molecule has 4 heteroatoms. The number of carboxylic acids is 1. The molecule has 72 valence electrons. The fourth-order valence-corrected chi connectivity index (χ4v) is 1.46. The van der Waals surface area contributed by atoms with Gasteiger partial charge >= 0.3 is 5.97 Å². The normalized spacial score (nSPS) is 21.1. The zero-order valence-electron chi connectivity index (χ0n) is 7.32. The Morgan fingerprint density at radius 2 is 1.83 bits per heavy atom. The molecule has 1 saturated heterocycles. The molecule has 0 aliphatic carbocycles. The van der Waals surface area contributed by atoms with E-state index in [0.717, 1.165) is 25.9 Å². The average Bonchev–Trinajstić information content (AvgIpc) is 2.05. The van der Waals surface area contributed by atoms with Crippen molar-refractivity contribution in [3.63, 3.8) is 0 Å². The van der Waals surface area contributed by atoms with Gasteiger partial charge in [0.25, 0.3) is 0 Å². The quantitative estimate of drug-likeness (QED) is 0.720. The first kappa shape index (κ1) is 11.7. The Morgan fingerprint density at radius 3 is 2.25 bits per heavy atom. The topological polar surface area (TPSA) is 40.5 Å². The van der Waals surface area contributed by atoms with Gasteiger partial charge in [-0.1, -0.05) is 6.42 Å². The molecule has 0 aromatic carbocycles. The lowest BCUT2D eigenvalue weighted by atomic mass is 10.1. The second-order valence-electron chi connectivity index (χ2n) is 3.11. The molecule has 0 spiro atoms. The van der Waals surface area contributed by atoms with Crippen molar-refractivity contribution in [3.05, 3.63) is 0 Å².